The molecule has 1 N–H and O–H groups in total. The lowest BCUT2D eigenvalue weighted by molar-refractivity contribution is -0.00157. The van der Waals surface area contributed by atoms with Gasteiger partial charge in [0.05, 0.1) is 12.6 Å². The Morgan fingerprint density at radius 2 is 2.00 bits per heavy atom. The molecule has 22 heavy (non-hydrogen) atoms. The fraction of sp³-hybridized carbons (Fsp3) is 0.611. The topological polar surface area (TPSA) is 49.8 Å². The van der Waals surface area contributed by atoms with Gasteiger partial charge in [0.15, 0.2) is 0 Å². The highest BCUT2D eigenvalue weighted by Gasteiger charge is 2.33. The zero-order chi connectivity index (χ0) is 16.5. The van der Waals surface area contributed by atoms with Gasteiger partial charge in [0.1, 0.15) is 5.60 Å². The molecule has 4 heteroatoms. The average molecular weight is 305 g/mol. The first-order chi connectivity index (χ1) is 10.2. The van der Waals surface area contributed by atoms with Crippen molar-refractivity contribution in [3.8, 4) is 0 Å². The lowest BCUT2D eigenvalue weighted by Crippen LogP contribution is -2.47. The molecule has 1 aromatic carbocycles. The van der Waals surface area contributed by atoms with Crippen LogP contribution in [0.4, 0.5) is 4.79 Å². The predicted octanol–water partition coefficient (Wildman–Crippen LogP) is 3.39. The number of likely N-dealkylation sites (tertiary alicyclic amines) is 1. The Morgan fingerprint density at radius 1 is 1.32 bits per heavy atom. The molecule has 1 fully saturated rings. The molecule has 0 unspecified atom stereocenters. The highest BCUT2D eigenvalue weighted by molar-refractivity contribution is 5.68. The number of piperidine rings is 1. The molecule has 2 atom stereocenters. The normalized spacial score (nSPS) is 22.5. The van der Waals surface area contributed by atoms with Gasteiger partial charge in [0, 0.05) is 12.5 Å². The van der Waals surface area contributed by atoms with Crippen LogP contribution in [-0.2, 0) is 4.74 Å². The van der Waals surface area contributed by atoms with E-state index in [2.05, 4.69) is 32.0 Å². The van der Waals surface area contributed by atoms with Gasteiger partial charge in [-0.3, -0.25) is 0 Å². The molecule has 1 heterocycles. The number of rotatable bonds is 1. The molecule has 0 spiro atoms. The molecule has 1 amide bonds. The Kier molecular flexibility index (Phi) is 4.81. The van der Waals surface area contributed by atoms with Crippen LogP contribution in [0, 0.1) is 13.8 Å². The SMILES string of the molecule is Cc1ccc(C)c([C@@H]2CCN(C(=O)OC(C)(C)C)C[C@@H]2O)c1. The van der Waals surface area contributed by atoms with Crippen LogP contribution in [0.3, 0.4) is 0 Å². The second kappa shape index (κ2) is 6.29. The van der Waals surface area contributed by atoms with Crippen molar-refractivity contribution in [3.05, 3.63) is 34.9 Å². The Labute approximate surface area is 133 Å². The maximum Gasteiger partial charge on any atom is 0.410 e. The maximum absolute atomic E-state index is 12.1. The van der Waals surface area contributed by atoms with E-state index < -0.39 is 11.7 Å². The third-order valence-corrected chi connectivity index (χ3v) is 4.07. The molecule has 0 aliphatic carbocycles. The predicted molar refractivity (Wildman–Crippen MR) is 87.1 cm³/mol. The van der Waals surface area contributed by atoms with E-state index in [-0.39, 0.29) is 12.0 Å². The summed E-state index contributed by atoms with van der Waals surface area (Å²) in [7, 11) is 0. The Bertz CT molecular complexity index is 548. The van der Waals surface area contributed by atoms with E-state index in [1.54, 1.807) is 4.90 Å². The number of aryl methyl sites for hydroxylation is 2. The summed E-state index contributed by atoms with van der Waals surface area (Å²) >= 11 is 0. The summed E-state index contributed by atoms with van der Waals surface area (Å²) in [5, 5.41) is 10.5. The zero-order valence-electron chi connectivity index (χ0n) is 14.2. The van der Waals surface area contributed by atoms with Crippen molar-refractivity contribution < 1.29 is 14.6 Å². The largest absolute Gasteiger partial charge is 0.444 e. The number of carbonyl (C=O) groups is 1. The number of aliphatic hydroxyl groups excluding tert-OH is 1. The lowest BCUT2D eigenvalue weighted by atomic mass is 9.84. The smallest absolute Gasteiger partial charge is 0.410 e. The number of hydrogen-bond acceptors (Lipinski definition) is 3. The molecule has 4 nitrogen and oxygen atoms in total. The van der Waals surface area contributed by atoms with Crippen LogP contribution in [0.25, 0.3) is 0 Å². The lowest BCUT2D eigenvalue weighted by Gasteiger charge is -2.37. The summed E-state index contributed by atoms with van der Waals surface area (Å²) in [4.78, 5) is 13.7. The minimum absolute atomic E-state index is 0.0820. The van der Waals surface area contributed by atoms with Crippen LogP contribution in [-0.4, -0.2) is 40.9 Å². The van der Waals surface area contributed by atoms with E-state index in [0.717, 1.165) is 6.42 Å². The number of amides is 1. The van der Waals surface area contributed by atoms with E-state index in [4.69, 9.17) is 4.74 Å². The quantitative estimate of drug-likeness (QED) is 0.865. The first-order valence-corrected chi connectivity index (χ1v) is 7.90. The van der Waals surface area contributed by atoms with Gasteiger partial charge in [-0.15, -0.1) is 0 Å². The summed E-state index contributed by atoms with van der Waals surface area (Å²) in [6.45, 7) is 10.6. The van der Waals surface area contributed by atoms with Crippen LogP contribution >= 0.6 is 0 Å². The highest BCUT2D eigenvalue weighted by Crippen LogP contribution is 2.31. The van der Waals surface area contributed by atoms with E-state index >= 15 is 0 Å². The van der Waals surface area contributed by atoms with Gasteiger partial charge in [-0.1, -0.05) is 23.8 Å². The Morgan fingerprint density at radius 3 is 2.59 bits per heavy atom. The number of nitrogens with zero attached hydrogens (tertiary/aromatic N) is 1. The van der Waals surface area contributed by atoms with Crippen LogP contribution in [0.15, 0.2) is 18.2 Å². The number of carbonyl (C=O) groups excluding carboxylic acids is 1. The van der Waals surface area contributed by atoms with Crippen molar-refractivity contribution in [1.29, 1.82) is 0 Å². The summed E-state index contributed by atoms with van der Waals surface area (Å²) in [6, 6.07) is 6.32. The Hall–Kier alpha value is -1.55. The molecule has 1 aliphatic heterocycles. The standard InChI is InChI=1S/C18H27NO3/c1-12-6-7-13(2)15(10-12)14-8-9-19(11-16(14)20)17(21)22-18(3,4)5/h6-7,10,14,16,20H,8-9,11H2,1-5H3/t14-,16-/m0/s1. The van der Waals surface area contributed by atoms with Gasteiger partial charge in [-0.2, -0.15) is 0 Å². The minimum Gasteiger partial charge on any atom is -0.444 e. The fourth-order valence-electron chi connectivity index (χ4n) is 2.95. The van der Waals surface area contributed by atoms with Crippen LogP contribution in [0.2, 0.25) is 0 Å². The summed E-state index contributed by atoms with van der Waals surface area (Å²) in [5.41, 5.74) is 3.07. The number of ether oxygens (including phenoxy) is 1. The fourth-order valence-corrected chi connectivity index (χ4v) is 2.95. The second-order valence-corrected chi connectivity index (χ2v) is 7.25. The van der Waals surface area contributed by atoms with E-state index in [9.17, 15) is 9.90 Å². The maximum atomic E-state index is 12.1. The molecule has 0 aromatic heterocycles. The van der Waals surface area contributed by atoms with Crippen LogP contribution in [0.1, 0.15) is 49.8 Å². The summed E-state index contributed by atoms with van der Waals surface area (Å²) < 4.78 is 5.39. The third kappa shape index (κ3) is 4.01. The van der Waals surface area contributed by atoms with Crippen molar-refractivity contribution in [3.63, 3.8) is 0 Å². The van der Waals surface area contributed by atoms with Crippen molar-refractivity contribution in [2.75, 3.05) is 13.1 Å². The van der Waals surface area contributed by atoms with Crippen molar-refractivity contribution in [2.45, 2.75) is 58.7 Å². The summed E-state index contributed by atoms with van der Waals surface area (Å²) in [6.07, 6.45) is -0.141. The molecule has 1 saturated heterocycles. The molecule has 122 valence electrons. The molecule has 1 aromatic rings. The molecular formula is C18H27NO3. The first kappa shape index (κ1) is 16.8. The van der Waals surface area contributed by atoms with Crippen molar-refractivity contribution in [2.24, 2.45) is 0 Å². The van der Waals surface area contributed by atoms with E-state index in [0.29, 0.717) is 13.1 Å². The van der Waals surface area contributed by atoms with Crippen molar-refractivity contribution >= 4 is 6.09 Å². The molecule has 1 aliphatic rings. The zero-order valence-corrected chi connectivity index (χ0v) is 14.2. The van der Waals surface area contributed by atoms with E-state index in [1.807, 2.05) is 20.8 Å². The van der Waals surface area contributed by atoms with Crippen LogP contribution in [0.5, 0.6) is 0 Å². The Balaban J connectivity index is 2.07. The van der Waals surface area contributed by atoms with Crippen molar-refractivity contribution in [1.82, 2.24) is 4.90 Å². The number of benzene rings is 1. The molecular weight excluding hydrogens is 278 g/mol. The highest BCUT2D eigenvalue weighted by atomic mass is 16.6. The average Bonchev–Trinajstić information content (AvgIpc) is 2.40. The monoisotopic (exact) mass is 305 g/mol. The van der Waals surface area contributed by atoms with Gasteiger partial charge >= 0.3 is 6.09 Å². The molecule has 2 rings (SSSR count). The molecule has 0 bridgehead atoms. The van der Waals surface area contributed by atoms with Crippen LogP contribution < -0.4 is 0 Å². The van der Waals surface area contributed by atoms with Gasteiger partial charge in [0.2, 0.25) is 0 Å². The summed E-state index contributed by atoms with van der Waals surface area (Å²) in [5.74, 6) is 0.0820. The molecule has 0 radical (unpaired) electrons. The van der Waals surface area contributed by atoms with E-state index in [1.165, 1.54) is 16.7 Å². The molecule has 0 saturated carbocycles. The van der Waals surface area contributed by atoms with Gasteiger partial charge in [-0.05, 0) is 52.2 Å². The number of β-amino-alcohol motifs (C(OH)–C–C–N with tert-alkyl or cyclic N) is 1. The first-order valence-electron chi connectivity index (χ1n) is 7.90. The number of aliphatic hydroxyl groups is 1. The van der Waals surface area contributed by atoms with Gasteiger partial charge in [-0.25, -0.2) is 4.79 Å². The second-order valence-electron chi connectivity index (χ2n) is 7.25. The third-order valence-electron chi connectivity index (χ3n) is 4.07. The minimum atomic E-state index is -0.554. The number of hydrogen-bond donors (Lipinski definition) is 1. The van der Waals surface area contributed by atoms with Gasteiger partial charge < -0.3 is 14.7 Å². The van der Waals surface area contributed by atoms with Gasteiger partial charge in [0.25, 0.3) is 0 Å².